The molecule has 19 heavy (non-hydrogen) atoms. The summed E-state index contributed by atoms with van der Waals surface area (Å²) in [6, 6.07) is 8.86. The maximum absolute atomic E-state index is 11.7. The number of aryl methyl sites for hydroxylation is 1. The van der Waals surface area contributed by atoms with Crippen LogP contribution in [0.3, 0.4) is 0 Å². The second-order valence-corrected chi connectivity index (χ2v) is 3.93. The molecule has 1 aromatic heterocycles. The van der Waals surface area contributed by atoms with E-state index in [4.69, 9.17) is 10.00 Å². The highest BCUT2D eigenvalue weighted by molar-refractivity contribution is 5.86. The molecule has 94 valence electrons. The van der Waals surface area contributed by atoms with E-state index in [2.05, 4.69) is 9.97 Å². The third-order valence-corrected chi connectivity index (χ3v) is 2.44. The van der Waals surface area contributed by atoms with Crippen LogP contribution in [0.4, 0.5) is 0 Å². The van der Waals surface area contributed by atoms with E-state index in [1.165, 1.54) is 12.4 Å². The topological polar surface area (TPSA) is 75.9 Å². The van der Waals surface area contributed by atoms with Gasteiger partial charge >= 0.3 is 5.97 Å². The summed E-state index contributed by atoms with van der Waals surface area (Å²) >= 11 is 0. The molecule has 2 aromatic rings. The highest BCUT2D eigenvalue weighted by Crippen LogP contribution is 2.06. The largest absolute Gasteiger partial charge is 0.456 e. The molecule has 0 aliphatic carbocycles. The molecule has 0 N–H and O–H groups in total. The summed E-state index contributed by atoms with van der Waals surface area (Å²) in [4.78, 5) is 19.6. The fourth-order valence-corrected chi connectivity index (χ4v) is 1.40. The smallest absolute Gasteiger partial charge is 0.358 e. The van der Waals surface area contributed by atoms with Crippen molar-refractivity contribution in [2.75, 3.05) is 0 Å². The zero-order chi connectivity index (χ0) is 13.7. The first-order chi connectivity index (χ1) is 9.19. The third-order valence-electron chi connectivity index (χ3n) is 2.44. The molecule has 0 saturated heterocycles. The first kappa shape index (κ1) is 12.7. The van der Waals surface area contributed by atoms with Gasteiger partial charge in [0.25, 0.3) is 0 Å². The molecule has 1 aromatic carbocycles. The van der Waals surface area contributed by atoms with Crippen LogP contribution in [-0.2, 0) is 11.3 Å². The molecule has 0 aliphatic rings. The Morgan fingerprint density at radius 3 is 2.58 bits per heavy atom. The number of aromatic nitrogens is 2. The van der Waals surface area contributed by atoms with Gasteiger partial charge in [-0.2, -0.15) is 5.26 Å². The van der Waals surface area contributed by atoms with Crippen molar-refractivity contribution >= 4 is 5.97 Å². The zero-order valence-electron chi connectivity index (χ0n) is 10.3. The van der Waals surface area contributed by atoms with E-state index in [0.29, 0.717) is 5.56 Å². The van der Waals surface area contributed by atoms with Crippen LogP contribution in [0.5, 0.6) is 0 Å². The standard InChI is InChI=1S/C14H11N3O2/c1-10-7-17-13(8-16-10)14(18)19-9-12-4-2-11(6-15)3-5-12/h2-5,7-8H,9H2,1H3. The lowest BCUT2D eigenvalue weighted by Crippen LogP contribution is -2.08. The Morgan fingerprint density at radius 1 is 1.26 bits per heavy atom. The fraction of sp³-hybridized carbons (Fsp3) is 0.143. The monoisotopic (exact) mass is 253 g/mol. The van der Waals surface area contributed by atoms with Crippen molar-refractivity contribution in [2.45, 2.75) is 13.5 Å². The third kappa shape index (κ3) is 3.36. The molecular weight excluding hydrogens is 242 g/mol. The van der Waals surface area contributed by atoms with Crippen molar-refractivity contribution < 1.29 is 9.53 Å². The number of carbonyl (C=O) groups excluding carboxylic acids is 1. The van der Waals surface area contributed by atoms with Crippen molar-refractivity contribution in [3.63, 3.8) is 0 Å². The number of nitriles is 1. The number of carbonyl (C=O) groups is 1. The summed E-state index contributed by atoms with van der Waals surface area (Å²) in [5.74, 6) is -0.517. The predicted octanol–water partition coefficient (Wildman–Crippen LogP) is 2.01. The summed E-state index contributed by atoms with van der Waals surface area (Å²) in [5, 5.41) is 8.67. The average molecular weight is 253 g/mol. The Bertz CT molecular complexity index is 613. The van der Waals surface area contributed by atoms with E-state index in [1.54, 1.807) is 31.2 Å². The van der Waals surface area contributed by atoms with Crippen LogP contribution < -0.4 is 0 Å². The molecule has 0 saturated carbocycles. The minimum atomic E-state index is -0.517. The van der Waals surface area contributed by atoms with E-state index in [-0.39, 0.29) is 12.3 Å². The predicted molar refractivity (Wildman–Crippen MR) is 67.0 cm³/mol. The Morgan fingerprint density at radius 2 is 2.00 bits per heavy atom. The Hall–Kier alpha value is -2.74. The molecule has 0 amide bonds. The number of benzene rings is 1. The molecule has 0 atom stereocenters. The van der Waals surface area contributed by atoms with Crippen molar-refractivity contribution in [1.82, 2.24) is 9.97 Å². The molecular formula is C14H11N3O2. The number of hydrogen-bond donors (Lipinski definition) is 0. The second kappa shape index (κ2) is 5.74. The summed E-state index contributed by atoms with van der Waals surface area (Å²) < 4.78 is 5.10. The van der Waals surface area contributed by atoms with Crippen LogP contribution >= 0.6 is 0 Å². The van der Waals surface area contributed by atoms with E-state index in [1.807, 2.05) is 6.07 Å². The van der Waals surface area contributed by atoms with Gasteiger partial charge in [0.1, 0.15) is 6.61 Å². The SMILES string of the molecule is Cc1cnc(C(=O)OCc2ccc(C#N)cc2)cn1. The molecule has 0 radical (unpaired) electrons. The Kier molecular flexibility index (Phi) is 3.84. The first-order valence-corrected chi connectivity index (χ1v) is 5.64. The van der Waals surface area contributed by atoms with E-state index in [0.717, 1.165) is 11.3 Å². The van der Waals surface area contributed by atoms with Crippen molar-refractivity contribution in [3.05, 3.63) is 59.2 Å². The maximum Gasteiger partial charge on any atom is 0.358 e. The van der Waals surface area contributed by atoms with Gasteiger partial charge in [-0.05, 0) is 24.6 Å². The van der Waals surface area contributed by atoms with E-state index < -0.39 is 5.97 Å². The second-order valence-electron chi connectivity index (χ2n) is 3.93. The highest BCUT2D eigenvalue weighted by Gasteiger charge is 2.09. The molecule has 2 rings (SSSR count). The van der Waals surface area contributed by atoms with Gasteiger partial charge in [0.2, 0.25) is 0 Å². The first-order valence-electron chi connectivity index (χ1n) is 5.64. The molecule has 0 unspecified atom stereocenters. The van der Waals surface area contributed by atoms with Crippen LogP contribution in [0.2, 0.25) is 0 Å². The zero-order valence-corrected chi connectivity index (χ0v) is 10.3. The average Bonchev–Trinajstić information content (AvgIpc) is 2.46. The lowest BCUT2D eigenvalue weighted by molar-refractivity contribution is 0.0465. The molecule has 0 aliphatic heterocycles. The molecule has 1 heterocycles. The molecule has 5 nitrogen and oxygen atoms in total. The van der Waals surface area contributed by atoms with Gasteiger partial charge in [0.05, 0.1) is 23.5 Å². The van der Waals surface area contributed by atoms with Gasteiger partial charge in [-0.1, -0.05) is 12.1 Å². The summed E-state index contributed by atoms with van der Waals surface area (Å²) in [6.45, 7) is 1.93. The Labute approximate surface area is 110 Å². The number of hydrogen-bond acceptors (Lipinski definition) is 5. The van der Waals surface area contributed by atoms with Crippen LogP contribution in [-0.4, -0.2) is 15.9 Å². The van der Waals surface area contributed by atoms with Gasteiger partial charge in [0.15, 0.2) is 5.69 Å². The van der Waals surface area contributed by atoms with Gasteiger partial charge in [-0.3, -0.25) is 4.98 Å². The summed E-state index contributed by atoms with van der Waals surface area (Å²) in [5.41, 5.74) is 2.30. The molecule has 0 bridgehead atoms. The van der Waals surface area contributed by atoms with Crippen LogP contribution in [0.15, 0.2) is 36.7 Å². The quantitative estimate of drug-likeness (QED) is 0.782. The Balaban J connectivity index is 1.96. The molecule has 0 fully saturated rings. The van der Waals surface area contributed by atoms with Gasteiger partial charge in [0, 0.05) is 6.20 Å². The van der Waals surface area contributed by atoms with E-state index in [9.17, 15) is 4.79 Å². The van der Waals surface area contributed by atoms with Crippen molar-refractivity contribution in [2.24, 2.45) is 0 Å². The van der Waals surface area contributed by atoms with E-state index >= 15 is 0 Å². The summed E-state index contributed by atoms with van der Waals surface area (Å²) in [6.07, 6.45) is 2.90. The van der Waals surface area contributed by atoms with Crippen molar-refractivity contribution in [1.29, 1.82) is 5.26 Å². The maximum atomic E-state index is 11.7. The molecule has 5 heteroatoms. The lowest BCUT2D eigenvalue weighted by Gasteiger charge is -2.04. The summed E-state index contributed by atoms with van der Waals surface area (Å²) in [7, 11) is 0. The van der Waals surface area contributed by atoms with Crippen molar-refractivity contribution in [3.8, 4) is 6.07 Å². The van der Waals surface area contributed by atoms with Crippen LogP contribution in [0.1, 0.15) is 27.3 Å². The molecule has 0 spiro atoms. The van der Waals surface area contributed by atoms with Gasteiger partial charge in [-0.25, -0.2) is 9.78 Å². The number of nitrogens with zero attached hydrogens (tertiary/aromatic N) is 3. The fourth-order valence-electron chi connectivity index (χ4n) is 1.40. The minimum Gasteiger partial charge on any atom is -0.456 e. The number of ether oxygens (including phenoxy) is 1. The lowest BCUT2D eigenvalue weighted by atomic mass is 10.2. The minimum absolute atomic E-state index is 0.139. The van der Waals surface area contributed by atoms with Crippen LogP contribution in [0, 0.1) is 18.3 Å². The van der Waals surface area contributed by atoms with Gasteiger partial charge < -0.3 is 4.74 Å². The van der Waals surface area contributed by atoms with Gasteiger partial charge in [-0.15, -0.1) is 0 Å². The number of rotatable bonds is 3. The highest BCUT2D eigenvalue weighted by atomic mass is 16.5. The number of esters is 1. The normalized spacial score (nSPS) is 9.68. The van der Waals surface area contributed by atoms with Crippen LogP contribution in [0.25, 0.3) is 0 Å².